The smallest absolute Gasteiger partial charge is 0.124 e. The summed E-state index contributed by atoms with van der Waals surface area (Å²) in [4.78, 5) is 0. The zero-order valence-corrected chi connectivity index (χ0v) is 13.3. The van der Waals surface area contributed by atoms with E-state index in [2.05, 4.69) is 35.1 Å². The van der Waals surface area contributed by atoms with E-state index in [9.17, 15) is 4.39 Å². The van der Waals surface area contributed by atoms with Gasteiger partial charge in [-0.1, -0.05) is 29.8 Å². The molecule has 1 unspecified atom stereocenters. The van der Waals surface area contributed by atoms with Gasteiger partial charge in [-0.15, -0.1) is 0 Å². The zero-order valence-electron chi connectivity index (χ0n) is 11.7. The Hall–Kier alpha value is -0.450. The van der Waals surface area contributed by atoms with E-state index in [4.69, 9.17) is 4.74 Å². The lowest BCUT2D eigenvalue weighted by atomic mass is 10.1. The minimum atomic E-state index is -0.201. The first-order chi connectivity index (χ1) is 9.15. The Kier molecular flexibility index (Phi) is 8.26. The molecule has 0 aliphatic heterocycles. The van der Waals surface area contributed by atoms with E-state index < -0.39 is 0 Å². The molecule has 0 saturated carbocycles. The summed E-state index contributed by atoms with van der Waals surface area (Å²) in [6, 6.07) is 5.26. The van der Waals surface area contributed by atoms with Gasteiger partial charge in [0.05, 0.1) is 6.61 Å². The van der Waals surface area contributed by atoms with E-state index in [1.54, 1.807) is 6.07 Å². The molecule has 1 aromatic carbocycles. The molecule has 0 saturated heterocycles. The van der Waals surface area contributed by atoms with Crippen LogP contribution in [-0.2, 0) is 11.2 Å². The second kappa shape index (κ2) is 9.45. The summed E-state index contributed by atoms with van der Waals surface area (Å²) in [7, 11) is 0. The molecule has 0 heterocycles. The average molecular weight is 332 g/mol. The molecule has 2 nitrogen and oxygen atoms in total. The first kappa shape index (κ1) is 16.6. The quantitative estimate of drug-likeness (QED) is 0.692. The molecule has 0 radical (unpaired) electrons. The van der Waals surface area contributed by atoms with Gasteiger partial charge >= 0.3 is 0 Å². The summed E-state index contributed by atoms with van der Waals surface area (Å²) in [5.41, 5.74) is 0.987. The van der Waals surface area contributed by atoms with Crippen LogP contribution in [-0.4, -0.2) is 25.8 Å². The predicted molar refractivity (Wildman–Crippen MR) is 81.0 cm³/mol. The second-order valence-corrected chi connectivity index (χ2v) is 5.62. The van der Waals surface area contributed by atoms with E-state index >= 15 is 0 Å². The van der Waals surface area contributed by atoms with E-state index in [0.717, 1.165) is 42.5 Å². The lowest BCUT2D eigenvalue weighted by Gasteiger charge is -2.19. The zero-order chi connectivity index (χ0) is 14.1. The Labute approximate surface area is 123 Å². The Balaban J connectivity index is 2.58. The van der Waals surface area contributed by atoms with Crippen molar-refractivity contribution in [3.63, 3.8) is 0 Å². The highest BCUT2D eigenvalue weighted by Gasteiger charge is 2.10. The lowest BCUT2D eigenvalue weighted by molar-refractivity contribution is 0.111. The first-order valence-electron chi connectivity index (χ1n) is 6.91. The molecule has 4 heteroatoms. The van der Waals surface area contributed by atoms with Crippen LogP contribution < -0.4 is 5.32 Å². The Morgan fingerprint density at radius 2 is 2.05 bits per heavy atom. The molecular weight excluding hydrogens is 309 g/mol. The van der Waals surface area contributed by atoms with Gasteiger partial charge in [0.25, 0.3) is 0 Å². The molecule has 0 aromatic heterocycles. The number of ether oxygens (including phenoxy) is 1. The highest BCUT2D eigenvalue weighted by molar-refractivity contribution is 9.10. The number of halogens is 2. The van der Waals surface area contributed by atoms with Crippen LogP contribution in [0.25, 0.3) is 0 Å². The van der Waals surface area contributed by atoms with Crippen LogP contribution in [0.5, 0.6) is 0 Å². The van der Waals surface area contributed by atoms with Crippen LogP contribution in [0.2, 0.25) is 0 Å². The third-order valence-corrected chi connectivity index (χ3v) is 3.21. The van der Waals surface area contributed by atoms with Crippen LogP contribution in [0.4, 0.5) is 4.39 Å². The highest BCUT2D eigenvalue weighted by Crippen LogP contribution is 2.16. The van der Waals surface area contributed by atoms with Crippen LogP contribution in [0.1, 0.15) is 32.3 Å². The van der Waals surface area contributed by atoms with Gasteiger partial charge < -0.3 is 10.1 Å². The van der Waals surface area contributed by atoms with Crippen molar-refractivity contribution < 1.29 is 9.13 Å². The van der Waals surface area contributed by atoms with Crippen LogP contribution in [0.15, 0.2) is 22.7 Å². The molecule has 0 bridgehead atoms. The third kappa shape index (κ3) is 7.04. The number of rotatable bonds is 9. The molecule has 108 valence electrons. The predicted octanol–water partition coefficient (Wildman–Crippen LogP) is 3.93. The molecule has 19 heavy (non-hydrogen) atoms. The van der Waals surface area contributed by atoms with Crippen molar-refractivity contribution in [3.05, 3.63) is 34.1 Å². The number of hydrogen-bond acceptors (Lipinski definition) is 2. The van der Waals surface area contributed by atoms with Gasteiger partial charge in [0.15, 0.2) is 0 Å². The van der Waals surface area contributed by atoms with Gasteiger partial charge in [-0.05, 0) is 49.6 Å². The van der Waals surface area contributed by atoms with Gasteiger partial charge in [0, 0.05) is 17.1 Å². The van der Waals surface area contributed by atoms with Crippen molar-refractivity contribution in [2.24, 2.45) is 0 Å². The Morgan fingerprint density at radius 1 is 1.26 bits per heavy atom. The standard InChI is InChI=1S/C15H23BrFNO/c1-3-5-18-15(11-19-6-4-2)9-12-7-13(16)10-14(17)8-12/h7-8,10,15,18H,3-6,9,11H2,1-2H3. The van der Waals surface area contributed by atoms with E-state index in [0.29, 0.717) is 6.61 Å². The maximum atomic E-state index is 13.4. The summed E-state index contributed by atoms with van der Waals surface area (Å²) in [5.74, 6) is -0.201. The monoisotopic (exact) mass is 331 g/mol. The van der Waals surface area contributed by atoms with Crippen molar-refractivity contribution in [1.29, 1.82) is 0 Å². The van der Waals surface area contributed by atoms with Gasteiger partial charge in [-0.3, -0.25) is 0 Å². The van der Waals surface area contributed by atoms with Gasteiger partial charge in [-0.2, -0.15) is 0 Å². The van der Waals surface area contributed by atoms with Gasteiger partial charge in [0.1, 0.15) is 5.82 Å². The summed E-state index contributed by atoms with van der Waals surface area (Å²) in [6.07, 6.45) is 2.88. The second-order valence-electron chi connectivity index (χ2n) is 4.71. The molecule has 0 amide bonds. The molecule has 1 atom stereocenters. The van der Waals surface area contributed by atoms with Crippen LogP contribution >= 0.6 is 15.9 Å². The first-order valence-corrected chi connectivity index (χ1v) is 7.71. The Bertz CT molecular complexity index is 353. The van der Waals surface area contributed by atoms with Crippen molar-refractivity contribution in [3.8, 4) is 0 Å². The molecule has 1 aromatic rings. The van der Waals surface area contributed by atoms with E-state index in [-0.39, 0.29) is 11.9 Å². The minimum absolute atomic E-state index is 0.201. The molecule has 1 N–H and O–H groups in total. The fourth-order valence-corrected chi connectivity index (χ4v) is 2.43. The summed E-state index contributed by atoms with van der Waals surface area (Å²) < 4.78 is 19.7. The SMILES string of the molecule is CCCNC(COCCC)Cc1cc(F)cc(Br)c1. The number of nitrogens with one attached hydrogen (secondary N) is 1. The third-order valence-electron chi connectivity index (χ3n) is 2.75. The summed E-state index contributed by atoms with van der Waals surface area (Å²) >= 11 is 3.33. The highest BCUT2D eigenvalue weighted by atomic mass is 79.9. The topological polar surface area (TPSA) is 21.3 Å². The van der Waals surface area contributed by atoms with E-state index in [1.165, 1.54) is 6.07 Å². The number of benzene rings is 1. The molecule has 0 spiro atoms. The fraction of sp³-hybridized carbons (Fsp3) is 0.600. The molecule has 0 fully saturated rings. The Morgan fingerprint density at radius 3 is 2.68 bits per heavy atom. The van der Waals surface area contributed by atoms with Gasteiger partial charge in [-0.25, -0.2) is 4.39 Å². The van der Waals surface area contributed by atoms with Crippen LogP contribution in [0, 0.1) is 5.82 Å². The average Bonchev–Trinajstić information content (AvgIpc) is 2.34. The van der Waals surface area contributed by atoms with Crippen molar-refractivity contribution in [2.75, 3.05) is 19.8 Å². The fourth-order valence-electron chi connectivity index (χ4n) is 1.92. The van der Waals surface area contributed by atoms with E-state index in [1.807, 2.05) is 6.07 Å². The minimum Gasteiger partial charge on any atom is -0.380 e. The molecular formula is C15H23BrFNO. The van der Waals surface area contributed by atoms with Crippen molar-refractivity contribution >= 4 is 15.9 Å². The van der Waals surface area contributed by atoms with Crippen LogP contribution in [0.3, 0.4) is 0 Å². The molecule has 1 rings (SSSR count). The molecule has 0 aliphatic rings. The largest absolute Gasteiger partial charge is 0.380 e. The molecule has 0 aliphatic carbocycles. The summed E-state index contributed by atoms with van der Waals surface area (Å²) in [6.45, 7) is 6.63. The summed E-state index contributed by atoms with van der Waals surface area (Å²) in [5, 5.41) is 3.45. The maximum Gasteiger partial charge on any atom is 0.124 e. The van der Waals surface area contributed by atoms with Gasteiger partial charge in [0.2, 0.25) is 0 Å². The van der Waals surface area contributed by atoms with Crippen molar-refractivity contribution in [2.45, 2.75) is 39.2 Å². The van der Waals surface area contributed by atoms with Crippen molar-refractivity contribution in [1.82, 2.24) is 5.32 Å². The number of hydrogen-bond donors (Lipinski definition) is 1. The maximum absolute atomic E-state index is 13.4. The normalized spacial score (nSPS) is 12.6. The lowest BCUT2D eigenvalue weighted by Crippen LogP contribution is -2.36.